The summed E-state index contributed by atoms with van der Waals surface area (Å²) >= 11 is 0. The van der Waals surface area contributed by atoms with Crippen molar-refractivity contribution >= 4 is 0 Å². The quantitative estimate of drug-likeness (QED) is 0.811. The summed E-state index contributed by atoms with van der Waals surface area (Å²) in [6, 6.07) is 9.66. The van der Waals surface area contributed by atoms with Gasteiger partial charge in [-0.1, -0.05) is 29.8 Å². The van der Waals surface area contributed by atoms with Crippen LogP contribution in [0.2, 0.25) is 0 Å². The summed E-state index contributed by atoms with van der Waals surface area (Å²) in [5, 5.41) is 3.93. The van der Waals surface area contributed by atoms with Gasteiger partial charge in [-0.2, -0.15) is 4.98 Å². The SMILES string of the molecule is c1ccc(OCc2noc(CC3CCC3)n2)cc1. The first kappa shape index (κ1) is 11.3. The van der Waals surface area contributed by atoms with Gasteiger partial charge in [0.1, 0.15) is 5.75 Å². The molecule has 18 heavy (non-hydrogen) atoms. The van der Waals surface area contributed by atoms with E-state index in [4.69, 9.17) is 9.26 Å². The van der Waals surface area contributed by atoms with Crippen molar-refractivity contribution in [3.8, 4) is 5.75 Å². The summed E-state index contributed by atoms with van der Waals surface area (Å²) < 4.78 is 10.8. The van der Waals surface area contributed by atoms with Crippen molar-refractivity contribution in [3.63, 3.8) is 0 Å². The predicted octanol–water partition coefficient (Wildman–Crippen LogP) is 2.99. The van der Waals surface area contributed by atoms with Gasteiger partial charge in [-0.05, 0) is 30.9 Å². The van der Waals surface area contributed by atoms with Crippen LogP contribution >= 0.6 is 0 Å². The van der Waals surface area contributed by atoms with Gasteiger partial charge in [0.25, 0.3) is 0 Å². The molecule has 0 atom stereocenters. The molecule has 4 heteroatoms. The van der Waals surface area contributed by atoms with Crippen molar-refractivity contribution in [1.29, 1.82) is 0 Å². The third-order valence-electron chi connectivity index (χ3n) is 3.31. The van der Waals surface area contributed by atoms with Gasteiger partial charge in [0.2, 0.25) is 11.7 Å². The van der Waals surface area contributed by atoms with Crippen molar-refractivity contribution < 1.29 is 9.26 Å². The molecule has 4 nitrogen and oxygen atoms in total. The summed E-state index contributed by atoms with van der Waals surface area (Å²) in [6.07, 6.45) is 4.83. The number of aromatic nitrogens is 2. The van der Waals surface area contributed by atoms with Crippen molar-refractivity contribution in [2.24, 2.45) is 5.92 Å². The first-order valence-electron chi connectivity index (χ1n) is 6.39. The molecule has 1 fully saturated rings. The van der Waals surface area contributed by atoms with E-state index in [2.05, 4.69) is 10.1 Å². The van der Waals surface area contributed by atoms with Crippen LogP contribution in [0.3, 0.4) is 0 Å². The van der Waals surface area contributed by atoms with Gasteiger partial charge in [0.15, 0.2) is 6.61 Å². The second-order valence-electron chi connectivity index (χ2n) is 4.71. The largest absolute Gasteiger partial charge is 0.485 e. The van der Waals surface area contributed by atoms with E-state index >= 15 is 0 Å². The molecule has 1 aliphatic rings. The number of hydrogen-bond acceptors (Lipinski definition) is 4. The molecular formula is C14H16N2O2. The Labute approximate surface area is 106 Å². The van der Waals surface area contributed by atoms with Crippen LogP contribution in [0.1, 0.15) is 31.0 Å². The summed E-state index contributed by atoms with van der Waals surface area (Å²) in [5.74, 6) is 2.93. The van der Waals surface area contributed by atoms with Gasteiger partial charge < -0.3 is 9.26 Å². The Morgan fingerprint density at radius 1 is 1.22 bits per heavy atom. The Bertz CT molecular complexity index is 492. The third kappa shape index (κ3) is 2.70. The highest BCUT2D eigenvalue weighted by atomic mass is 16.5. The number of nitrogens with zero attached hydrogens (tertiary/aromatic N) is 2. The molecule has 2 aromatic rings. The molecule has 0 unspecified atom stereocenters. The number of para-hydroxylation sites is 1. The van der Waals surface area contributed by atoms with Crippen LogP contribution in [0.15, 0.2) is 34.9 Å². The Balaban J connectivity index is 1.53. The Kier molecular flexibility index (Phi) is 3.26. The van der Waals surface area contributed by atoms with Gasteiger partial charge in [0.05, 0.1) is 0 Å². The fourth-order valence-electron chi connectivity index (χ4n) is 2.04. The monoisotopic (exact) mass is 244 g/mol. The average Bonchev–Trinajstić information content (AvgIpc) is 2.81. The zero-order chi connectivity index (χ0) is 12.2. The molecule has 1 aromatic carbocycles. The molecule has 1 aliphatic carbocycles. The Morgan fingerprint density at radius 2 is 2.06 bits per heavy atom. The fraction of sp³-hybridized carbons (Fsp3) is 0.429. The van der Waals surface area contributed by atoms with Gasteiger partial charge >= 0.3 is 0 Å². The summed E-state index contributed by atoms with van der Waals surface area (Å²) in [5.41, 5.74) is 0. The zero-order valence-electron chi connectivity index (χ0n) is 10.2. The lowest BCUT2D eigenvalue weighted by molar-refractivity contribution is 0.267. The van der Waals surface area contributed by atoms with Gasteiger partial charge in [0, 0.05) is 6.42 Å². The summed E-state index contributed by atoms with van der Waals surface area (Å²) in [6.45, 7) is 0.359. The minimum atomic E-state index is 0.359. The fourth-order valence-corrected chi connectivity index (χ4v) is 2.04. The molecule has 94 valence electrons. The van der Waals surface area contributed by atoms with Crippen LogP contribution in [0, 0.1) is 5.92 Å². The van der Waals surface area contributed by atoms with Crippen LogP contribution in [-0.4, -0.2) is 10.1 Å². The molecular weight excluding hydrogens is 228 g/mol. The highest BCUT2D eigenvalue weighted by molar-refractivity contribution is 5.20. The lowest BCUT2D eigenvalue weighted by Crippen LogP contribution is -2.13. The normalized spacial score (nSPS) is 15.3. The van der Waals surface area contributed by atoms with E-state index in [0.29, 0.717) is 12.4 Å². The Hall–Kier alpha value is -1.84. The van der Waals surface area contributed by atoms with Crippen molar-refractivity contribution in [2.75, 3.05) is 0 Å². The van der Waals surface area contributed by atoms with E-state index in [9.17, 15) is 0 Å². The first-order chi connectivity index (χ1) is 8.90. The molecule has 3 rings (SSSR count). The van der Waals surface area contributed by atoms with Crippen molar-refractivity contribution in [3.05, 3.63) is 42.0 Å². The smallest absolute Gasteiger partial charge is 0.227 e. The standard InChI is InChI=1S/C14H16N2O2/c1-2-7-12(8-3-1)17-10-13-15-14(18-16-13)9-11-5-4-6-11/h1-3,7-8,11H,4-6,9-10H2. The zero-order valence-corrected chi connectivity index (χ0v) is 10.2. The molecule has 1 heterocycles. The van der Waals surface area contributed by atoms with E-state index in [1.807, 2.05) is 30.3 Å². The highest BCUT2D eigenvalue weighted by Gasteiger charge is 2.20. The number of rotatable bonds is 5. The lowest BCUT2D eigenvalue weighted by atomic mass is 9.83. The maximum absolute atomic E-state index is 5.57. The van der Waals surface area contributed by atoms with E-state index in [1.54, 1.807) is 0 Å². The van der Waals surface area contributed by atoms with E-state index in [0.717, 1.165) is 24.0 Å². The predicted molar refractivity (Wildman–Crippen MR) is 66.1 cm³/mol. The highest BCUT2D eigenvalue weighted by Crippen LogP contribution is 2.29. The average molecular weight is 244 g/mol. The topological polar surface area (TPSA) is 48.2 Å². The summed E-state index contributed by atoms with van der Waals surface area (Å²) in [4.78, 5) is 4.34. The van der Waals surface area contributed by atoms with Crippen LogP contribution < -0.4 is 4.74 Å². The molecule has 1 aromatic heterocycles. The van der Waals surface area contributed by atoms with E-state index in [1.165, 1.54) is 19.3 Å². The minimum absolute atomic E-state index is 0.359. The number of ether oxygens (including phenoxy) is 1. The summed E-state index contributed by atoms with van der Waals surface area (Å²) in [7, 11) is 0. The van der Waals surface area contributed by atoms with Gasteiger partial charge in [-0.15, -0.1) is 0 Å². The first-order valence-corrected chi connectivity index (χ1v) is 6.39. The van der Waals surface area contributed by atoms with Crippen LogP contribution in [0.25, 0.3) is 0 Å². The maximum Gasteiger partial charge on any atom is 0.227 e. The lowest BCUT2D eigenvalue weighted by Gasteiger charge is -2.23. The molecule has 0 N–H and O–H groups in total. The van der Waals surface area contributed by atoms with E-state index in [-0.39, 0.29) is 0 Å². The molecule has 0 bridgehead atoms. The number of benzene rings is 1. The van der Waals surface area contributed by atoms with Crippen LogP contribution in [-0.2, 0) is 13.0 Å². The molecule has 0 radical (unpaired) electrons. The molecule has 0 spiro atoms. The Morgan fingerprint density at radius 3 is 2.78 bits per heavy atom. The maximum atomic E-state index is 5.57. The van der Waals surface area contributed by atoms with Crippen LogP contribution in [0.5, 0.6) is 5.75 Å². The van der Waals surface area contributed by atoms with Crippen molar-refractivity contribution in [1.82, 2.24) is 10.1 Å². The van der Waals surface area contributed by atoms with Crippen LogP contribution in [0.4, 0.5) is 0 Å². The molecule has 0 aliphatic heterocycles. The van der Waals surface area contributed by atoms with Gasteiger partial charge in [-0.25, -0.2) is 0 Å². The van der Waals surface area contributed by atoms with Gasteiger partial charge in [-0.3, -0.25) is 0 Å². The molecule has 1 saturated carbocycles. The minimum Gasteiger partial charge on any atom is -0.485 e. The molecule has 0 saturated heterocycles. The van der Waals surface area contributed by atoms with E-state index < -0.39 is 0 Å². The third-order valence-corrected chi connectivity index (χ3v) is 3.31. The number of hydrogen-bond donors (Lipinski definition) is 0. The second kappa shape index (κ2) is 5.21. The molecule has 0 amide bonds. The van der Waals surface area contributed by atoms with Crippen molar-refractivity contribution in [2.45, 2.75) is 32.3 Å². The second-order valence-corrected chi connectivity index (χ2v) is 4.71.